The second kappa shape index (κ2) is 7.36. The minimum absolute atomic E-state index is 0.288. The van der Waals surface area contributed by atoms with Gasteiger partial charge >= 0.3 is 0 Å². The fraction of sp³-hybridized carbons (Fsp3) is 0.526. The van der Waals surface area contributed by atoms with E-state index >= 15 is 0 Å². The van der Waals surface area contributed by atoms with Crippen molar-refractivity contribution in [1.82, 2.24) is 10.1 Å². The molecule has 5 nitrogen and oxygen atoms in total. The third-order valence-electron chi connectivity index (χ3n) is 4.93. The smallest absolute Gasteiger partial charge is 0.137 e. The number of likely N-dealkylation sites (tertiary alicyclic amines) is 1. The Morgan fingerprint density at radius 3 is 2.83 bits per heavy atom. The zero-order chi connectivity index (χ0) is 17.1. The number of rotatable bonds is 6. The van der Waals surface area contributed by atoms with Crippen molar-refractivity contribution < 1.29 is 14.4 Å². The highest BCUT2D eigenvalue weighted by molar-refractivity contribution is 5.41. The zero-order valence-electron chi connectivity index (χ0n) is 14.7. The Bertz CT molecular complexity index is 676. The summed E-state index contributed by atoms with van der Waals surface area (Å²) >= 11 is 0. The number of ether oxygens (including phenoxy) is 1. The molecule has 0 radical (unpaired) electrons. The summed E-state index contributed by atoms with van der Waals surface area (Å²) in [6, 6.07) is 6.39. The minimum Gasteiger partial charge on any atom is -0.496 e. The van der Waals surface area contributed by atoms with E-state index in [0.29, 0.717) is 5.92 Å². The van der Waals surface area contributed by atoms with Crippen LogP contribution in [0, 0.1) is 19.8 Å². The molecule has 0 aliphatic carbocycles. The Hall–Kier alpha value is -1.85. The molecular formula is C19H26N2O3. The van der Waals surface area contributed by atoms with Crippen LogP contribution in [0.15, 0.2) is 22.7 Å². The maximum atomic E-state index is 9.30. The van der Waals surface area contributed by atoms with Crippen LogP contribution in [0.2, 0.25) is 0 Å². The van der Waals surface area contributed by atoms with E-state index in [1.54, 1.807) is 7.11 Å². The molecule has 5 heteroatoms. The molecule has 1 aliphatic rings. The van der Waals surface area contributed by atoms with Crippen LogP contribution in [-0.2, 0) is 13.0 Å². The van der Waals surface area contributed by atoms with Crippen LogP contribution in [-0.4, -0.2) is 42.0 Å². The van der Waals surface area contributed by atoms with Gasteiger partial charge in [0.1, 0.15) is 11.5 Å². The van der Waals surface area contributed by atoms with Gasteiger partial charge in [0.2, 0.25) is 0 Å². The number of methoxy groups -OCH3 is 1. The summed E-state index contributed by atoms with van der Waals surface area (Å²) in [5.41, 5.74) is 4.50. The zero-order valence-corrected chi connectivity index (χ0v) is 14.7. The largest absolute Gasteiger partial charge is 0.496 e. The summed E-state index contributed by atoms with van der Waals surface area (Å²) in [5, 5.41) is 13.3. The van der Waals surface area contributed by atoms with Gasteiger partial charge in [-0.05, 0) is 49.9 Å². The molecule has 2 heterocycles. The van der Waals surface area contributed by atoms with E-state index in [2.05, 4.69) is 22.2 Å². The molecule has 0 saturated carbocycles. The third-order valence-corrected chi connectivity index (χ3v) is 4.93. The van der Waals surface area contributed by atoms with E-state index < -0.39 is 0 Å². The molecule has 1 aromatic heterocycles. The number of benzene rings is 1. The molecule has 1 aliphatic heterocycles. The van der Waals surface area contributed by atoms with Gasteiger partial charge in [-0.1, -0.05) is 17.3 Å². The first kappa shape index (κ1) is 17.0. The van der Waals surface area contributed by atoms with Gasteiger partial charge in [-0.3, -0.25) is 4.90 Å². The summed E-state index contributed by atoms with van der Waals surface area (Å²) in [6.07, 6.45) is 1.84. The molecule has 0 spiro atoms. The Morgan fingerprint density at radius 1 is 1.38 bits per heavy atom. The van der Waals surface area contributed by atoms with Crippen LogP contribution in [0.5, 0.6) is 5.75 Å². The second-order valence-electron chi connectivity index (χ2n) is 6.70. The second-order valence-corrected chi connectivity index (χ2v) is 6.70. The molecule has 3 rings (SSSR count). The third kappa shape index (κ3) is 3.62. The predicted molar refractivity (Wildman–Crippen MR) is 92.2 cm³/mol. The standard InChI is InChI=1S/C19H26N2O3/c1-13-18(14(2)24-20-13)9-17-8-15(4-5-19(17)23-3)10-21-7-6-16(11-21)12-22/h4-5,8,16,22H,6-7,9-12H2,1-3H3. The van der Waals surface area contributed by atoms with E-state index in [9.17, 15) is 5.11 Å². The number of aryl methyl sites for hydroxylation is 2. The summed E-state index contributed by atoms with van der Waals surface area (Å²) in [5.74, 6) is 2.18. The van der Waals surface area contributed by atoms with Crippen molar-refractivity contribution in [3.63, 3.8) is 0 Å². The molecule has 24 heavy (non-hydrogen) atoms. The van der Waals surface area contributed by atoms with Gasteiger partial charge in [0.05, 0.1) is 12.8 Å². The van der Waals surface area contributed by atoms with E-state index in [1.807, 2.05) is 19.9 Å². The Balaban J connectivity index is 1.78. The molecule has 1 unspecified atom stereocenters. The molecular weight excluding hydrogens is 304 g/mol. The van der Waals surface area contributed by atoms with Gasteiger partial charge in [0.15, 0.2) is 0 Å². The SMILES string of the molecule is COc1ccc(CN2CCC(CO)C2)cc1Cc1c(C)noc1C. The van der Waals surface area contributed by atoms with Crippen LogP contribution in [0.3, 0.4) is 0 Å². The number of hydrogen-bond acceptors (Lipinski definition) is 5. The van der Waals surface area contributed by atoms with E-state index in [0.717, 1.165) is 60.8 Å². The molecule has 1 aromatic carbocycles. The summed E-state index contributed by atoms with van der Waals surface area (Å²) in [7, 11) is 1.71. The lowest BCUT2D eigenvalue weighted by Crippen LogP contribution is -2.21. The quantitative estimate of drug-likeness (QED) is 0.882. The molecule has 1 atom stereocenters. The summed E-state index contributed by atoms with van der Waals surface area (Å²) in [4.78, 5) is 2.41. The highest BCUT2D eigenvalue weighted by Gasteiger charge is 2.22. The van der Waals surface area contributed by atoms with Crippen molar-refractivity contribution in [1.29, 1.82) is 0 Å². The normalized spacial score (nSPS) is 18.2. The fourth-order valence-electron chi connectivity index (χ4n) is 3.48. The minimum atomic E-state index is 0.288. The van der Waals surface area contributed by atoms with Crippen LogP contribution in [0.25, 0.3) is 0 Å². The number of hydrogen-bond donors (Lipinski definition) is 1. The Kier molecular flexibility index (Phi) is 5.21. The maximum Gasteiger partial charge on any atom is 0.137 e. The molecule has 130 valence electrons. The van der Waals surface area contributed by atoms with Crippen LogP contribution >= 0.6 is 0 Å². The van der Waals surface area contributed by atoms with Crippen molar-refractivity contribution >= 4 is 0 Å². The van der Waals surface area contributed by atoms with Crippen molar-refractivity contribution in [2.24, 2.45) is 5.92 Å². The van der Waals surface area contributed by atoms with Crippen molar-refractivity contribution in [3.8, 4) is 5.75 Å². The first-order valence-corrected chi connectivity index (χ1v) is 8.51. The van der Waals surface area contributed by atoms with Gasteiger partial charge in [0.25, 0.3) is 0 Å². The monoisotopic (exact) mass is 330 g/mol. The first-order chi connectivity index (χ1) is 11.6. The van der Waals surface area contributed by atoms with Gasteiger partial charge in [0, 0.05) is 31.7 Å². The van der Waals surface area contributed by atoms with E-state index in [1.165, 1.54) is 5.56 Å². The highest BCUT2D eigenvalue weighted by atomic mass is 16.5. The van der Waals surface area contributed by atoms with Gasteiger partial charge < -0.3 is 14.4 Å². The molecule has 1 N–H and O–H groups in total. The first-order valence-electron chi connectivity index (χ1n) is 8.51. The van der Waals surface area contributed by atoms with E-state index in [-0.39, 0.29) is 6.61 Å². The lowest BCUT2D eigenvalue weighted by atomic mass is 10.0. The molecule has 1 saturated heterocycles. The summed E-state index contributed by atoms with van der Waals surface area (Å²) < 4.78 is 10.8. The maximum absolute atomic E-state index is 9.30. The Morgan fingerprint density at radius 2 is 2.21 bits per heavy atom. The number of aliphatic hydroxyl groups is 1. The van der Waals surface area contributed by atoms with Crippen molar-refractivity contribution in [2.75, 3.05) is 26.8 Å². The fourth-order valence-corrected chi connectivity index (χ4v) is 3.48. The number of nitrogens with zero attached hydrogens (tertiary/aromatic N) is 2. The van der Waals surface area contributed by atoms with Crippen LogP contribution in [0.1, 0.15) is 34.6 Å². The predicted octanol–water partition coefficient (Wildman–Crippen LogP) is 2.71. The Labute approximate surface area is 143 Å². The molecule has 1 fully saturated rings. The topological polar surface area (TPSA) is 58.7 Å². The van der Waals surface area contributed by atoms with Gasteiger partial charge in [-0.2, -0.15) is 0 Å². The molecule has 0 amide bonds. The van der Waals surface area contributed by atoms with Gasteiger partial charge in [-0.25, -0.2) is 0 Å². The molecule has 2 aromatic rings. The van der Waals surface area contributed by atoms with Crippen LogP contribution in [0.4, 0.5) is 0 Å². The highest BCUT2D eigenvalue weighted by Crippen LogP contribution is 2.27. The lowest BCUT2D eigenvalue weighted by molar-refractivity contribution is 0.220. The van der Waals surface area contributed by atoms with Crippen LogP contribution < -0.4 is 4.74 Å². The van der Waals surface area contributed by atoms with Gasteiger partial charge in [-0.15, -0.1) is 0 Å². The van der Waals surface area contributed by atoms with Crippen molar-refractivity contribution in [2.45, 2.75) is 33.2 Å². The number of aromatic nitrogens is 1. The average molecular weight is 330 g/mol. The number of aliphatic hydroxyl groups excluding tert-OH is 1. The van der Waals surface area contributed by atoms with Crippen molar-refractivity contribution in [3.05, 3.63) is 46.3 Å². The molecule has 0 bridgehead atoms. The summed E-state index contributed by atoms with van der Waals surface area (Å²) in [6.45, 7) is 7.15. The lowest BCUT2D eigenvalue weighted by Gasteiger charge is -2.17. The average Bonchev–Trinajstić information content (AvgIpc) is 3.16. The van der Waals surface area contributed by atoms with E-state index in [4.69, 9.17) is 9.26 Å².